The van der Waals surface area contributed by atoms with Crippen LogP contribution < -0.4 is 5.73 Å². The summed E-state index contributed by atoms with van der Waals surface area (Å²) in [6.45, 7) is 12.1. The van der Waals surface area contributed by atoms with Gasteiger partial charge in [0.15, 0.2) is 0 Å². The van der Waals surface area contributed by atoms with Crippen molar-refractivity contribution in [3.05, 3.63) is 0 Å². The Kier molecular flexibility index (Phi) is 4.45. The first-order chi connectivity index (χ1) is 9.25. The van der Waals surface area contributed by atoms with Gasteiger partial charge in [0.25, 0.3) is 0 Å². The van der Waals surface area contributed by atoms with E-state index in [0.717, 1.165) is 12.8 Å². The van der Waals surface area contributed by atoms with Crippen molar-refractivity contribution in [3.63, 3.8) is 0 Å². The van der Waals surface area contributed by atoms with Crippen molar-refractivity contribution in [1.29, 1.82) is 0 Å². The van der Waals surface area contributed by atoms with Gasteiger partial charge in [-0.2, -0.15) is 0 Å². The number of ether oxygens (including phenoxy) is 1. The summed E-state index contributed by atoms with van der Waals surface area (Å²) in [7, 11) is 0. The Morgan fingerprint density at radius 1 is 1.25 bits per heavy atom. The third kappa shape index (κ3) is 2.73. The zero-order valence-corrected chi connectivity index (χ0v) is 13.6. The van der Waals surface area contributed by atoms with Gasteiger partial charge in [0.2, 0.25) is 5.91 Å². The highest BCUT2D eigenvalue weighted by Crippen LogP contribution is 2.45. The lowest BCUT2D eigenvalue weighted by molar-refractivity contribution is -0.155. The van der Waals surface area contributed by atoms with Crippen LogP contribution in [0.25, 0.3) is 0 Å². The lowest BCUT2D eigenvalue weighted by Gasteiger charge is -2.49. The van der Waals surface area contributed by atoms with Gasteiger partial charge < -0.3 is 15.4 Å². The molecule has 1 aliphatic carbocycles. The minimum absolute atomic E-state index is 0.0317. The maximum Gasteiger partial charge on any atom is 0.226 e. The molecule has 4 heteroatoms. The minimum Gasteiger partial charge on any atom is -0.375 e. The van der Waals surface area contributed by atoms with Gasteiger partial charge in [-0.3, -0.25) is 4.79 Å². The molecule has 0 radical (unpaired) electrons. The summed E-state index contributed by atoms with van der Waals surface area (Å²) in [6.07, 6.45) is 2.01. The standard InChI is InChI=1S/C16H30N2O2/c1-10-9-20-11(2)8-18(10)15(19)13-6-7-14(17)12(3)16(13,4)5/h10-14H,6-9,17H2,1-5H3. The molecule has 2 N–H and O–H groups in total. The second kappa shape index (κ2) is 5.64. The summed E-state index contributed by atoms with van der Waals surface area (Å²) in [5, 5.41) is 0. The normalized spacial score (nSPS) is 41.5. The quantitative estimate of drug-likeness (QED) is 0.800. The molecule has 116 valence electrons. The number of nitrogens with two attached hydrogens (primary N) is 1. The lowest BCUT2D eigenvalue weighted by atomic mass is 9.60. The Labute approximate surface area is 123 Å². The summed E-state index contributed by atoms with van der Waals surface area (Å²) in [4.78, 5) is 15.0. The molecule has 1 saturated carbocycles. The van der Waals surface area contributed by atoms with E-state index in [0.29, 0.717) is 25.0 Å². The van der Waals surface area contributed by atoms with Crippen LogP contribution in [0, 0.1) is 17.3 Å². The fraction of sp³-hybridized carbons (Fsp3) is 0.938. The molecular weight excluding hydrogens is 252 g/mol. The molecule has 2 rings (SSSR count). The second-order valence-electron chi connectivity index (χ2n) is 7.39. The molecule has 5 unspecified atom stereocenters. The van der Waals surface area contributed by atoms with Crippen LogP contribution in [0.3, 0.4) is 0 Å². The molecule has 2 aliphatic rings. The number of amides is 1. The van der Waals surface area contributed by atoms with Gasteiger partial charge in [-0.15, -0.1) is 0 Å². The fourth-order valence-corrected chi connectivity index (χ4v) is 3.70. The van der Waals surface area contributed by atoms with Crippen LogP contribution in [-0.2, 0) is 9.53 Å². The van der Waals surface area contributed by atoms with Crippen LogP contribution in [-0.4, -0.2) is 42.1 Å². The van der Waals surface area contributed by atoms with E-state index in [1.807, 2.05) is 11.8 Å². The summed E-state index contributed by atoms with van der Waals surface area (Å²) in [6, 6.07) is 0.399. The first kappa shape index (κ1) is 15.8. The zero-order valence-electron chi connectivity index (χ0n) is 13.6. The molecule has 0 aromatic heterocycles. The maximum absolute atomic E-state index is 13.0. The number of carbonyl (C=O) groups excluding carboxylic acids is 1. The first-order valence-corrected chi connectivity index (χ1v) is 7.92. The first-order valence-electron chi connectivity index (χ1n) is 7.92. The number of carbonyl (C=O) groups is 1. The van der Waals surface area contributed by atoms with E-state index in [1.54, 1.807) is 0 Å². The summed E-state index contributed by atoms with van der Waals surface area (Å²) < 4.78 is 5.63. The predicted octanol–water partition coefficient (Wildman–Crippen LogP) is 2.02. The smallest absolute Gasteiger partial charge is 0.226 e. The van der Waals surface area contributed by atoms with Crippen molar-refractivity contribution in [2.45, 2.75) is 65.6 Å². The summed E-state index contributed by atoms with van der Waals surface area (Å²) in [5.74, 6) is 0.764. The highest BCUT2D eigenvalue weighted by atomic mass is 16.5. The van der Waals surface area contributed by atoms with Crippen LogP contribution >= 0.6 is 0 Å². The van der Waals surface area contributed by atoms with E-state index in [1.165, 1.54) is 0 Å². The van der Waals surface area contributed by atoms with Crippen LogP contribution in [0.4, 0.5) is 0 Å². The summed E-state index contributed by atoms with van der Waals surface area (Å²) in [5.41, 5.74) is 6.17. The molecule has 1 aliphatic heterocycles. The number of hydrogen-bond acceptors (Lipinski definition) is 3. The molecule has 5 atom stereocenters. The van der Waals surface area contributed by atoms with E-state index < -0.39 is 0 Å². The van der Waals surface area contributed by atoms with Crippen LogP contribution in [0.15, 0.2) is 0 Å². The summed E-state index contributed by atoms with van der Waals surface area (Å²) >= 11 is 0. The van der Waals surface area contributed by atoms with Crippen molar-refractivity contribution in [2.75, 3.05) is 13.2 Å². The van der Waals surface area contributed by atoms with E-state index in [4.69, 9.17) is 10.5 Å². The molecule has 1 saturated heterocycles. The Morgan fingerprint density at radius 3 is 2.55 bits per heavy atom. The van der Waals surface area contributed by atoms with Crippen molar-refractivity contribution >= 4 is 5.91 Å². The highest BCUT2D eigenvalue weighted by Gasteiger charge is 2.47. The van der Waals surface area contributed by atoms with Crippen molar-refractivity contribution in [1.82, 2.24) is 4.90 Å². The number of nitrogens with zero attached hydrogens (tertiary/aromatic N) is 1. The van der Waals surface area contributed by atoms with Crippen LogP contribution in [0.1, 0.15) is 47.5 Å². The molecule has 0 spiro atoms. The third-order valence-corrected chi connectivity index (χ3v) is 5.69. The molecule has 1 heterocycles. The topological polar surface area (TPSA) is 55.6 Å². The lowest BCUT2D eigenvalue weighted by Crippen LogP contribution is -2.57. The van der Waals surface area contributed by atoms with Crippen molar-refractivity contribution in [2.24, 2.45) is 23.0 Å². The predicted molar refractivity (Wildman–Crippen MR) is 80.2 cm³/mol. The van der Waals surface area contributed by atoms with Gasteiger partial charge in [0.05, 0.1) is 18.8 Å². The molecule has 0 bridgehead atoms. The van der Waals surface area contributed by atoms with Gasteiger partial charge >= 0.3 is 0 Å². The van der Waals surface area contributed by atoms with Gasteiger partial charge in [-0.25, -0.2) is 0 Å². The number of rotatable bonds is 1. The average Bonchev–Trinajstić information content (AvgIpc) is 2.38. The largest absolute Gasteiger partial charge is 0.375 e. The highest BCUT2D eigenvalue weighted by molar-refractivity contribution is 5.80. The van der Waals surface area contributed by atoms with Gasteiger partial charge in [-0.05, 0) is 38.0 Å². The van der Waals surface area contributed by atoms with Gasteiger partial charge in [0, 0.05) is 18.5 Å². The Morgan fingerprint density at radius 2 is 1.90 bits per heavy atom. The van der Waals surface area contributed by atoms with Crippen molar-refractivity contribution < 1.29 is 9.53 Å². The van der Waals surface area contributed by atoms with E-state index in [2.05, 4.69) is 27.7 Å². The number of morpholine rings is 1. The van der Waals surface area contributed by atoms with Crippen LogP contribution in [0.5, 0.6) is 0 Å². The third-order valence-electron chi connectivity index (χ3n) is 5.69. The Balaban J connectivity index is 2.15. The maximum atomic E-state index is 13.0. The Bertz CT molecular complexity index is 369. The Hall–Kier alpha value is -0.610. The van der Waals surface area contributed by atoms with E-state index in [9.17, 15) is 4.79 Å². The van der Waals surface area contributed by atoms with Crippen molar-refractivity contribution in [3.8, 4) is 0 Å². The fourth-order valence-electron chi connectivity index (χ4n) is 3.70. The molecule has 2 fully saturated rings. The zero-order chi connectivity index (χ0) is 15.1. The number of hydrogen-bond donors (Lipinski definition) is 1. The van der Waals surface area contributed by atoms with E-state index >= 15 is 0 Å². The van der Waals surface area contributed by atoms with Gasteiger partial charge in [-0.1, -0.05) is 20.8 Å². The monoisotopic (exact) mass is 282 g/mol. The molecule has 0 aromatic carbocycles. The molecule has 20 heavy (non-hydrogen) atoms. The minimum atomic E-state index is -0.0317. The molecule has 1 amide bonds. The molecular formula is C16H30N2O2. The second-order valence-corrected chi connectivity index (χ2v) is 7.39. The SMILES string of the molecule is CC1CN(C(=O)C2CCC(N)C(C)C2(C)C)C(C)CO1. The molecule has 4 nitrogen and oxygen atoms in total. The van der Waals surface area contributed by atoms with Gasteiger partial charge in [0.1, 0.15) is 0 Å². The van der Waals surface area contributed by atoms with E-state index in [-0.39, 0.29) is 29.5 Å². The van der Waals surface area contributed by atoms with Crippen LogP contribution in [0.2, 0.25) is 0 Å². The molecule has 0 aromatic rings. The average molecular weight is 282 g/mol.